The number of aliphatic hydroxyl groups excluding tert-OH is 1. The summed E-state index contributed by atoms with van der Waals surface area (Å²) in [7, 11) is 0. The smallest absolute Gasteiger partial charge is 0.254 e. The molecule has 0 aromatic heterocycles. The number of benzene rings is 3. The largest absolute Gasteiger partial charge is 0.381 e. The van der Waals surface area contributed by atoms with Crippen molar-refractivity contribution in [3.05, 3.63) is 101 Å². The van der Waals surface area contributed by atoms with Gasteiger partial charge in [0.2, 0.25) is 11.8 Å². The van der Waals surface area contributed by atoms with E-state index < -0.39 is 28.8 Å². The maximum absolute atomic E-state index is 13.9. The highest BCUT2D eigenvalue weighted by atomic mass is 32.2. The molecule has 4 N–H and O–H groups in total. The van der Waals surface area contributed by atoms with E-state index in [0.717, 1.165) is 33.5 Å². The molecule has 3 amide bonds. The molecule has 8 nitrogen and oxygen atoms in total. The third-order valence-electron chi connectivity index (χ3n) is 7.98. The second-order valence-electron chi connectivity index (χ2n) is 11.7. The summed E-state index contributed by atoms with van der Waals surface area (Å²) >= 11 is 1.49. The molecule has 0 radical (unpaired) electrons. The number of nitrogens with zero attached hydrogens (tertiary/aromatic N) is 1. The second kappa shape index (κ2) is 14.1. The summed E-state index contributed by atoms with van der Waals surface area (Å²) in [6.07, 6.45) is -1.30. The minimum Gasteiger partial charge on any atom is -0.381 e. The SMILES string of the molecule is Cc1ccccc1CNC(=O)[C@H]1N(C(=O)[C@@H](O)[C@H](Cc2ccccc2)NC(=O)CNc2c(C)cccc2C)CSC1(C)C. The van der Waals surface area contributed by atoms with Crippen LogP contribution < -0.4 is 16.0 Å². The van der Waals surface area contributed by atoms with Gasteiger partial charge in [-0.25, -0.2) is 0 Å². The zero-order valence-corrected chi connectivity index (χ0v) is 26.3. The van der Waals surface area contributed by atoms with Crippen LogP contribution in [0.4, 0.5) is 5.69 Å². The summed E-state index contributed by atoms with van der Waals surface area (Å²) in [6, 6.07) is 21.5. The average Bonchev–Trinajstić information content (AvgIpc) is 3.30. The van der Waals surface area contributed by atoms with Crippen molar-refractivity contribution in [1.29, 1.82) is 0 Å². The molecule has 1 saturated heterocycles. The number of nitrogens with one attached hydrogen (secondary N) is 3. The molecule has 0 bridgehead atoms. The third-order valence-corrected chi connectivity index (χ3v) is 9.35. The van der Waals surface area contributed by atoms with Crippen molar-refractivity contribution >= 4 is 35.2 Å². The van der Waals surface area contributed by atoms with Crippen LogP contribution in [0.3, 0.4) is 0 Å². The van der Waals surface area contributed by atoms with Gasteiger partial charge in [-0.3, -0.25) is 14.4 Å². The molecule has 0 spiro atoms. The van der Waals surface area contributed by atoms with Gasteiger partial charge >= 0.3 is 0 Å². The van der Waals surface area contributed by atoms with E-state index in [2.05, 4.69) is 16.0 Å². The summed E-state index contributed by atoms with van der Waals surface area (Å²) in [6.45, 7) is 10.1. The number of carbonyl (C=O) groups excluding carboxylic acids is 3. The molecule has 0 saturated carbocycles. The fourth-order valence-electron chi connectivity index (χ4n) is 5.47. The molecule has 0 unspecified atom stereocenters. The predicted octanol–water partition coefficient (Wildman–Crippen LogP) is 4.11. The Labute approximate surface area is 258 Å². The molecule has 228 valence electrons. The topological polar surface area (TPSA) is 111 Å². The lowest BCUT2D eigenvalue weighted by atomic mass is 9.97. The summed E-state index contributed by atoms with van der Waals surface area (Å²) in [5.41, 5.74) is 5.85. The zero-order valence-electron chi connectivity index (χ0n) is 25.5. The molecule has 4 rings (SSSR count). The van der Waals surface area contributed by atoms with Crippen LogP contribution >= 0.6 is 11.8 Å². The molecule has 1 aliphatic heterocycles. The highest BCUT2D eigenvalue weighted by Crippen LogP contribution is 2.40. The Hall–Kier alpha value is -3.82. The lowest BCUT2D eigenvalue weighted by Gasteiger charge is -2.33. The number of thioether (sulfide) groups is 1. The fourth-order valence-corrected chi connectivity index (χ4v) is 6.61. The molecular formula is C34H42N4O4S. The summed E-state index contributed by atoms with van der Waals surface area (Å²) in [5.74, 6) is -0.955. The van der Waals surface area contributed by atoms with Gasteiger partial charge in [0.05, 0.1) is 18.5 Å². The molecule has 3 aromatic rings. The fraction of sp³-hybridized carbons (Fsp3) is 0.382. The van der Waals surface area contributed by atoms with E-state index in [1.54, 1.807) is 0 Å². The standard InChI is InChI=1S/C34H42N4O4S/c1-22-12-9-10-17-26(22)19-36-32(41)31-34(4,5)43-21-38(31)33(42)30(40)27(18-25-15-7-6-8-16-25)37-28(39)20-35-29-23(2)13-11-14-24(29)3/h6-17,27,30-31,35,40H,18-21H2,1-5H3,(H,36,41)(H,37,39)/t27-,30-,31+/m0/s1. The number of aliphatic hydroxyl groups is 1. The monoisotopic (exact) mass is 602 g/mol. The number of para-hydroxylation sites is 1. The molecule has 3 atom stereocenters. The highest BCUT2D eigenvalue weighted by molar-refractivity contribution is 8.00. The molecule has 1 fully saturated rings. The summed E-state index contributed by atoms with van der Waals surface area (Å²) in [5, 5.41) is 20.5. The number of carbonyl (C=O) groups is 3. The maximum Gasteiger partial charge on any atom is 0.254 e. The number of aryl methyl sites for hydroxylation is 3. The minimum atomic E-state index is -1.55. The van der Waals surface area contributed by atoms with Gasteiger partial charge in [-0.05, 0) is 68.9 Å². The number of anilines is 1. The van der Waals surface area contributed by atoms with Crippen LogP contribution in [0.2, 0.25) is 0 Å². The van der Waals surface area contributed by atoms with Gasteiger partial charge in [0, 0.05) is 17.0 Å². The summed E-state index contributed by atoms with van der Waals surface area (Å²) in [4.78, 5) is 42.0. The van der Waals surface area contributed by atoms with Gasteiger partial charge in [0.15, 0.2) is 6.10 Å². The lowest BCUT2D eigenvalue weighted by Crippen LogP contribution is -2.59. The van der Waals surface area contributed by atoms with Crippen molar-refractivity contribution in [2.45, 2.75) is 70.5 Å². The van der Waals surface area contributed by atoms with E-state index in [0.29, 0.717) is 6.54 Å². The normalized spacial score (nSPS) is 17.2. The second-order valence-corrected chi connectivity index (χ2v) is 13.3. The number of rotatable bonds is 11. The average molecular weight is 603 g/mol. The zero-order chi connectivity index (χ0) is 31.1. The quantitative estimate of drug-likeness (QED) is 0.263. The van der Waals surface area contributed by atoms with Gasteiger partial charge in [0.25, 0.3) is 5.91 Å². The Balaban J connectivity index is 1.49. The van der Waals surface area contributed by atoms with Gasteiger partial charge in [-0.2, -0.15) is 0 Å². The van der Waals surface area contributed by atoms with Crippen LogP contribution in [-0.2, 0) is 27.3 Å². The van der Waals surface area contributed by atoms with Crippen LogP contribution in [0.15, 0.2) is 72.8 Å². The Morgan fingerprint density at radius 2 is 1.56 bits per heavy atom. The van der Waals surface area contributed by atoms with E-state index in [1.807, 2.05) is 107 Å². The van der Waals surface area contributed by atoms with Crippen LogP contribution in [0, 0.1) is 20.8 Å². The highest BCUT2D eigenvalue weighted by Gasteiger charge is 2.49. The first kappa shape index (κ1) is 32.1. The first-order valence-electron chi connectivity index (χ1n) is 14.6. The van der Waals surface area contributed by atoms with E-state index in [-0.39, 0.29) is 30.7 Å². The Morgan fingerprint density at radius 1 is 0.930 bits per heavy atom. The van der Waals surface area contributed by atoms with Crippen molar-refractivity contribution in [3.63, 3.8) is 0 Å². The minimum absolute atomic E-state index is 0.0194. The van der Waals surface area contributed by atoms with Crippen molar-refractivity contribution in [2.75, 3.05) is 17.7 Å². The third kappa shape index (κ3) is 7.97. The van der Waals surface area contributed by atoms with Crippen molar-refractivity contribution in [2.24, 2.45) is 0 Å². The molecule has 43 heavy (non-hydrogen) atoms. The predicted molar refractivity (Wildman–Crippen MR) is 173 cm³/mol. The molecule has 1 aliphatic rings. The Bertz CT molecular complexity index is 1430. The van der Waals surface area contributed by atoms with E-state index >= 15 is 0 Å². The van der Waals surface area contributed by atoms with Crippen molar-refractivity contribution < 1.29 is 19.5 Å². The maximum atomic E-state index is 13.9. The van der Waals surface area contributed by atoms with E-state index in [4.69, 9.17) is 0 Å². The number of amides is 3. The van der Waals surface area contributed by atoms with Crippen LogP contribution in [0.5, 0.6) is 0 Å². The Kier molecular flexibility index (Phi) is 10.5. The van der Waals surface area contributed by atoms with Crippen molar-refractivity contribution in [1.82, 2.24) is 15.5 Å². The number of hydrogen-bond donors (Lipinski definition) is 4. The van der Waals surface area contributed by atoms with Crippen LogP contribution in [0.1, 0.15) is 41.7 Å². The van der Waals surface area contributed by atoms with E-state index in [1.165, 1.54) is 16.7 Å². The Morgan fingerprint density at radius 3 is 2.23 bits per heavy atom. The van der Waals surface area contributed by atoms with Gasteiger partial charge < -0.3 is 26.0 Å². The first-order chi connectivity index (χ1) is 20.5. The molecule has 1 heterocycles. The molecular weight excluding hydrogens is 560 g/mol. The van der Waals surface area contributed by atoms with E-state index in [9.17, 15) is 19.5 Å². The van der Waals surface area contributed by atoms with Gasteiger partial charge in [-0.15, -0.1) is 11.8 Å². The van der Waals surface area contributed by atoms with Crippen molar-refractivity contribution in [3.8, 4) is 0 Å². The van der Waals surface area contributed by atoms with Gasteiger partial charge in [-0.1, -0.05) is 72.8 Å². The lowest BCUT2D eigenvalue weighted by molar-refractivity contribution is -0.147. The molecule has 3 aromatic carbocycles. The molecule has 9 heteroatoms. The van der Waals surface area contributed by atoms with Gasteiger partial charge in [0.1, 0.15) is 6.04 Å². The first-order valence-corrected chi connectivity index (χ1v) is 15.5. The van der Waals surface area contributed by atoms with Crippen LogP contribution in [-0.4, -0.2) is 63.1 Å². The summed E-state index contributed by atoms with van der Waals surface area (Å²) < 4.78 is -0.571. The van der Waals surface area contributed by atoms with Crippen LogP contribution in [0.25, 0.3) is 0 Å². The number of hydrogen-bond acceptors (Lipinski definition) is 6. The molecule has 0 aliphatic carbocycles.